The first kappa shape index (κ1) is 15.1. The van der Waals surface area contributed by atoms with E-state index in [9.17, 15) is 4.39 Å². The van der Waals surface area contributed by atoms with Gasteiger partial charge in [0.1, 0.15) is 17.3 Å². The fourth-order valence-corrected chi connectivity index (χ4v) is 2.64. The lowest BCUT2D eigenvalue weighted by Gasteiger charge is -2.17. The van der Waals surface area contributed by atoms with Gasteiger partial charge in [-0.2, -0.15) is 0 Å². The first-order valence-electron chi connectivity index (χ1n) is 6.75. The van der Waals surface area contributed by atoms with Gasteiger partial charge in [-0.3, -0.25) is 0 Å². The van der Waals surface area contributed by atoms with Crippen LogP contribution in [0.15, 0.2) is 28.7 Å². The van der Waals surface area contributed by atoms with Gasteiger partial charge in [-0.15, -0.1) is 0 Å². The van der Waals surface area contributed by atoms with Gasteiger partial charge >= 0.3 is 0 Å². The Morgan fingerprint density at radius 1 is 1.30 bits per heavy atom. The van der Waals surface area contributed by atoms with Gasteiger partial charge in [-0.25, -0.2) is 4.39 Å². The SMILES string of the molecule is CCNC(Cc1ccc(F)c(Cl)c1)c1cc(C)oc1C. The summed E-state index contributed by atoms with van der Waals surface area (Å²) in [6.45, 7) is 6.81. The van der Waals surface area contributed by atoms with E-state index >= 15 is 0 Å². The molecule has 0 saturated heterocycles. The number of rotatable bonds is 5. The fraction of sp³-hybridized carbons (Fsp3) is 0.375. The van der Waals surface area contributed by atoms with Crippen LogP contribution >= 0.6 is 11.6 Å². The minimum absolute atomic E-state index is 0.138. The molecule has 4 heteroatoms. The lowest BCUT2D eigenvalue weighted by atomic mass is 9.99. The topological polar surface area (TPSA) is 25.2 Å². The Bertz CT molecular complexity index is 594. The number of halogens is 2. The predicted molar refractivity (Wildman–Crippen MR) is 79.7 cm³/mol. The summed E-state index contributed by atoms with van der Waals surface area (Å²) < 4.78 is 18.8. The molecule has 0 aliphatic rings. The summed E-state index contributed by atoms with van der Waals surface area (Å²) in [7, 11) is 0. The summed E-state index contributed by atoms with van der Waals surface area (Å²) in [5.41, 5.74) is 2.14. The predicted octanol–water partition coefficient (Wildman–Crippen LogP) is 4.58. The molecular weight excluding hydrogens is 277 g/mol. The third kappa shape index (κ3) is 3.41. The Morgan fingerprint density at radius 3 is 2.60 bits per heavy atom. The van der Waals surface area contributed by atoms with Crippen molar-refractivity contribution < 1.29 is 8.81 Å². The van der Waals surface area contributed by atoms with Gasteiger partial charge in [0.05, 0.1) is 5.02 Å². The van der Waals surface area contributed by atoms with E-state index in [4.69, 9.17) is 16.0 Å². The summed E-state index contributed by atoms with van der Waals surface area (Å²) >= 11 is 5.84. The highest BCUT2D eigenvalue weighted by atomic mass is 35.5. The molecule has 1 atom stereocenters. The third-order valence-electron chi connectivity index (χ3n) is 3.33. The van der Waals surface area contributed by atoms with E-state index < -0.39 is 0 Å². The molecule has 2 rings (SSSR count). The van der Waals surface area contributed by atoms with Gasteiger partial charge in [0.2, 0.25) is 0 Å². The van der Waals surface area contributed by atoms with E-state index in [0.717, 1.165) is 35.6 Å². The number of furan rings is 1. The Hall–Kier alpha value is -1.32. The van der Waals surface area contributed by atoms with Gasteiger partial charge in [0.15, 0.2) is 0 Å². The molecule has 0 bridgehead atoms. The van der Waals surface area contributed by atoms with E-state index in [2.05, 4.69) is 12.2 Å². The van der Waals surface area contributed by atoms with Crippen LogP contribution in [0.5, 0.6) is 0 Å². The van der Waals surface area contributed by atoms with Crippen LogP contribution in [0.3, 0.4) is 0 Å². The number of benzene rings is 1. The van der Waals surface area contributed by atoms with E-state index in [1.165, 1.54) is 6.07 Å². The summed E-state index contributed by atoms with van der Waals surface area (Å²) in [6.07, 6.45) is 0.744. The molecule has 1 unspecified atom stereocenters. The summed E-state index contributed by atoms with van der Waals surface area (Å²) in [6, 6.07) is 7.05. The van der Waals surface area contributed by atoms with Gasteiger partial charge in [-0.1, -0.05) is 24.6 Å². The second kappa shape index (κ2) is 6.42. The highest BCUT2D eigenvalue weighted by molar-refractivity contribution is 6.30. The van der Waals surface area contributed by atoms with Gasteiger partial charge in [0.25, 0.3) is 0 Å². The van der Waals surface area contributed by atoms with E-state index in [1.807, 2.05) is 19.9 Å². The molecule has 1 N–H and O–H groups in total. The number of hydrogen-bond donors (Lipinski definition) is 1. The van der Waals surface area contributed by atoms with E-state index in [-0.39, 0.29) is 16.9 Å². The van der Waals surface area contributed by atoms with Crippen molar-refractivity contribution in [1.82, 2.24) is 5.32 Å². The Kier molecular flexibility index (Phi) is 4.84. The molecule has 0 amide bonds. The quantitative estimate of drug-likeness (QED) is 0.873. The van der Waals surface area contributed by atoms with Crippen LogP contribution < -0.4 is 5.32 Å². The monoisotopic (exact) mass is 295 g/mol. The van der Waals surface area contributed by atoms with Crippen molar-refractivity contribution in [3.8, 4) is 0 Å². The van der Waals surface area contributed by atoms with Crippen molar-refractivity contribution in [3.63, 3.8) is 0 Å². The standard InChI is InChI=1S/C16H19ClFNO/c1-4-19-16(13-7-10(2)20-11(13)3)9-12-5-6-15(18)14(17)8-12/h5-8,16,19H,4,9H2,1-3H3. The van der Waals surface area contributed by atoms with Crippen LogP contribution in [0.4, 0.5) is 4.39 Å². The van der Waals surface area contributed by atoms with Crippen molar-refractivity contribution in [1.29, 1.82) is 0 Å². The highest BCUT2D eigenvalue weighted by Crippen LogP contribution is 2.26. The second-order valence-corrected chi connectivity index (χ2v) is 5.34. The number of aryl methyl sites for hydroxylation is 2. The molecule has 0 aliphatic carbocycles. The summed E-state index contributed by atoms with van der Waals surface area (Å²) in [5.74, 6) is 1.44. The highest BCUT2D eigenvalue weighted by Gasteiger charge is 2.17. The van der Waals surface area contributed by atoms with E-state index in [1.54, 1.807) is 12.1 Å². The van der Waals surface area contributed by atoms with Crippen LogP contribution in [-0.2, 0) is 6.42 Å². The molecule has 1 heterocycles. The zero-order valence-corrected chi connectivity index (χ0v) is 12.7. The smallest absolute Gasteiger partial charge is 0.141 e. The molecule has 0 spiro atoms. The van der Waals surface area contributed by atoms with Crippen LogP contribution in [0, 0.1) is 19.7 Å². The number of nitrogens with one attached hydrogen (secondary N) is 1. The van der Waals surface area contributed by atoms with Crippen LogP contribution in [-0.4, -0.2) is 6.54 Å². The normalized spacial score (nSPS) is 12.7. The largest absolute Gasteiger partial charge is 0.466 e. The van der Waals surface area contributed by atoms with E-state index in [0.29, 0.717) is 0 Å². The fourth-order valence-electron chi connectivity index (χ4n) is 2.44. The maximum atomic E-state index is 13.2. The van der Waals surface area contributed by atoms with Crippen LogP contribution in [0.1, 0.15) is 35.6 Å². The molecule has 0 fully saturated rings. The maximum Gasteiger partial charge on any atom is 0.141 e. The average molecular weight is 296 g/mol. The molecule has 1 aromatic heterocycles. The molecule has 2 nitrogen and oxygen atoms in total. The van der Waals surface area contributed by atoms with Crippen molar-refractivity contribution in [2.75, 3.05) is 6.54 Å². The second-order valence-electron chi connectivity index (χ2n) is 4.93. The minimum atomic E-state index is -0.384. The van der Waals surface area contributed by atoms with Crippen molar-refractivity contribution in [2.24, 2.45) is 0 Å². The van der Waals surface area contributed by atoms with Crippen molar-refractivity contribution in [2.45, 2.75) is 33.2 Å². The Morgan fingerprint density at radius 2 is 2.05 bits per heavy atom. The number of likely N-dealkylation sites (N-methyl/N-ethyl adjacent to an activating group) is 1. The lowest BCUT2D eigenvalue weighted by molar-refractivity contribution is 0.484. The molecule has 108 valence electrons. The van der Waals surface area contributed by atoms with Crippen molar-refractivity contribution >= 4 is 11.6 Å². The Labute approximate surface area is 123 Å². The minimum Gasteiger partial charge on any atom is -0.466 e. The van der Waals surface area contributed by atoms with Crippen LogP contribution in [0.2, 0.25) is 5.02 Å². The maximum absolute atomic E-state index is 13.2. The molecule has 2 aromatic rings. The average Bonchev–Trinajstić information content (AvgIpc) is 2.72. The van der Waals surface area contributed by atoms with Gasteiger partial charge < -0.3 is 9.73 Å². The van der Waals surface area contributed by atoms with Crippen molar-refractivity contribution in [3.05, 3.63) is 57.8 Å². The zero-order valence-electron chi connectivity index (χ0n) is 12.0. The zero-order chi connectivity index (χ0) is 14.7. The molecule has 20 heavy (non-hydrogen) atoms. The first-order valence-corrected chi connectivity index (χ1v) is 7.13. The third-order valence-corrected chi connectivity index (χ3v) is 3.62. The Balaban J connectivity index is 2.25. The lowest BCUT2D eigenvalue weighted by Crippen LogP contribution is -2.23. The summed E-state index contributed by atoms with van der Waals surface area (Å²) in [5, 5.41) is 3.60. The molecular formula is C16H19ClFNO. The molecule has 0 aliphatic heterocycles. The van der Waals surface area contributed by atoms with Crippen LogP contribution in [0.25, 0.3) is 0 Å². The van der Waals surface area contributed by atoms with Gasteiger partial charge in [-0.05, 0) is 50.6 Å². The molecule has 0 saturated carbocycles. The number of hydrogen-bond acceptors (Lipinski definition) is 2. The summed E-state index contributed by atoms with van der Waals surface area (Å²) in [4.78, 5) is 0. The first-order chi connectivity index (χ1) is 9.51. The molecule has 0 radical (unpaired) electrons. The molecule has 1 aromatic carbocycles. The van der Waals surface area contributed by atoms with Gasteiger partial charge in [0, 0.05) is 11.6 Å².